The van der Waals surface area contributed by atoms with Gasteiger partial charge in [-0.3, -0.25) is 0 Å². The summed E-state index contributed by atoms with van der Waals surface area (Å²) < 4.78 is 6.77. The van der Waals surface area contributed by atoms with Crippen molar-refractivity contribution < 1.29 is 4.74 Å². The standard InChI is InChI=1S/C14H22BrN3O/c1-10(9-17-13(16)18-14(2,3)4)19-12-7-5-11(15)6-8-12/h5-8,10H,9H2,1-4H3,(H3,16,17,18). The van der Waals surface area contributed by atoms with Crippen molar-refractivity contribution in [3.8, 4) is 5.75 Å². The lowest BCUT2D eigenvalue weighted by Gasteiger charge is -2.21. The van der Waals surface area contributed by atoms with Crippen LogP contribution in [0.1, 0.15) is 27.7 Å². The quantitative estimate of drug-likeness (QED) is 0.660. The van der Waals surface area contributed by atoms with Gasteiger partial charge in [-0.2, -0.15) is 0 Å². The van der Waals surface area contributed by atoms with Crippen LogP contribution in [-0.2, 0) is 0 Å². The van der Waals surface area contributed by atoms with Gasteiger partial charge in [0.1, 0.15) is 11.9 Å². The molecular formula is C14H22BrN3O. The summed E-state index contributed by atoms with van der Waals surface area (Å²) in [6.07, 6.45) is -0.0264. The van der Waals surface area contributed by atoms with E-state index >= 15 is 0 Å². The van der Waals surface area contributed by atoms with Crippen molar-refractivity contribution in [1.29, 1.82) is 0 Å². The molecule has 1 aromatic carbocycles. The third-order valence-corrected chi connectivity index (χ3v) is 2.70. The highest BCUT2D eigenvalue weighted by Crippen LogP contribution is 2.17. The fourth-order valence-corrected chi connectivity index (χ4v) is 1.70. The molecule has 0 radical (unpaired) electrons. The molecule has 1 unspecified atom stereocenters. The van der Waals surface area contributed by atoms with E-state index in [-0.39, 0.29) is 11.6 Å². The summed E-state index contributed by atoms with van der Waals surface area (Å²) in [5.74, 6) is 1.27. The van der Waals surface area contributed by atoms with Crippen LogP contribution in [0.15, 0.2) is 33.7 Å². The van der Waals surface area contributed by atoms with Crippen LogP contribution in [0.5, 0.6) is 5.75 Å². The maximum absolute atomic E-state index is 5.80. The Hall–Kier alpha value is -1.23. The largest absolute Gasteiger partial charge is 0.489 e. The molecule has 0 aliphatic carbocycles. The molecule has 0 spiro atoms. The fourth-order valence-electron chi connectivity index (χ4n) is 1.43. The molecule has 0 aromatic heterocycles. The third-order valence-electron chi connectivity index (χ3n) is 2.17. The Morgan fingerprint density at radius 1 is 1.37 bits per heavy atom. The van der Waals surface area contributed by atoms with E-state index in [0.29, 0.717) is 12.5 Å². The van der Waals surface area contributed by atoms with Gasteiger partial charge >= 0.3 is 0 Å². The number of guanidine groups is 1. The molecule has 19 heavy (non-hydrogen) atoms. The zero-order valence-corrected chi connectivity index (χ0v) is 13.5. The highest BCUT2D eigenvalue weighted by atomic mass is 79.9. The molecule has 0 saturated heterocycles. The first-order chi connectivity index (χ1) is 8.76. The molecule has 0 saturated carbocycles. The van der Waals surface area contributed by atoms with Gasteiger partial charge in [-0.05, 0) is 52.0 Å². The predicted octanol–water partition coefficient (Wildman–Crippen LogP) is 2.92. The molecule has 1 atom stereocenters. The highest BCUT2D eigenvalue weighted by molar-refractivity contribution is 9.10. The van der Waals surface area contributed by atoms with Crippen molar-refractivity contribution in [3.05, 3.63) is 28.7 Å². The Morgan fingerprint density at radius 2 is 1.95 bits per heavy atom. The molecule has 106 valence electrons. The van der Waals surface area contributed by atoms with Gasteiger partial charge in [0.05, 0.1) is 6.54 Å². The Balaban J connectivity index is 2.45. The van der Waals surface area contributed by atoms with Crippen LogP contribution in [0.2, 0.25) is 0 Å². The number of nitrogens with one attached hydrogen (secondary N) is 1. The van der Waals surface area contributed by atoms with E-state index in [1.165, 1.54) is 0 Å². The van der Waals surface area contributed by atoms with E-state index in [4.69, 9.17) is 10.5 Å². The van der Waals surface area contributed by atoms with E-state index < -0.39 is 0 Å². The van der Waals surface area contributed by atoms with Gasteiger partial charge in [0.2, 0.25) is 0 Å². The van der Waals surface area contributed by atoms with Crippen molar-refractivity contribution >= 4 is 21.9 Å². The average molecular weight is 328 g/mol. The normalized spacial score (nSPS) is 14.1. The SMILES string of the molecule is CC(CN=C(N)NC(C)(C)C)Oc1ccc(Br)cc1. The Bertz CT molecular complexity index is 423. The molecule has 3 N–H and O–H groups in total. The second-order valence-electron chi connectivity index (χ2n) is 5.48. The van der Waals surface area contributed by atoms with Crippen molar-refractivity contribution in [2.24, 2.45) is 10.7 Å². The average Bonchev–Trinajstić information content (AvgIpc) is 2.27. The Labute approximate surface area is 123 Å². The number of halogens is 1. The van der Waals surface area contributed by atoms with E-state index in [9.17, 15) is 0 Å². The Kier molecular flexibility index (Phi) is 5.66. The second-order valence-corrected chi connectivity index (χ2v) is 6.40. The number of nitrogens with zero attached hydrogens (tertiary/aromatic N) is 1. The van der Waals surface area contributed by atoms with Crippen LogP contribution in [0.25, 0.3) is 0 Å². The van der Waals surface area contributed by atoms with Crippen LogP contribution in [0.4, 0.5) is 0 Å². The summed E-state index contributed by atoms with van der Waals surface area (Å²) in [5, 5.41) is 3.11. The summed E-state index contributed by atoms with van der Waals surface area (Å²) in [4.78, 5) is 4.27. The van der Waals surface area contributed by atoms with Crippen LogP contribution in [0, 0.1) is 0 Å². The zero-order valence-electron chi connectivity index (χ0n) is 11.9. The minimum Gasteiger partial charge on any atom is -0.489 e. The van der Waals surface area contributed by atoms with Gasteiger partial charge < -0.3 is 15.8 Å². The maximum Gasteiger partial charge on any atom is 0.189 e. The molecule has 0 fully saturated rings. The number of hydrogen-bond donors (Lipinski definition) is 2. The minimum absolute atomic E-state index is 0.0264. The van der Waals surface area contributed by atoms with Gasteiger partial charge in [0.25, 0.3) is 0 Å². The van der Waals surface area contributed by atoms with E-state index in [1.54, 1.807) is 0 Å². The number of aliphatic imine (C=N–C) groups is 1. The first-order valence-electron chi connectivity index (χ1n) is 6.26. The molecule has 0 heterocycles. The number of ether oxygens (including phenoxy) is 1. The second kappa shape index (κ2) is 6.80. The summed E-state index contributed by atoms with van der Waals surface area (Å²) in [6, 6.07) is 7.73. The van der Waals surface area contributed by atoms with E-state index in [0.717, 1.165) is 10.2 Å². The lowest BCUT2D eigenvalue weighted by molar-refractivity contribution is 0.230. The zero-order chi connectivity index (χ0) is 14.5. The molecule has 0 amide bonds. The molecule has 4 nitrogen and oxygen atoms in total. The van der Waals surface area contributed by atoms with Gasteiger partial charge in [0.15, 0.2) is 5.96 Å². The minimum atomic E-state index is -0.0800. The summed E-state index contributed by atoms with van der Waals surface area (Å²) >= 11 is 3.39. The van der Waals surface area contributed by atoms with E-state index in [1.807, 2.05) is 52.0 Å². The third kappa shape index (κ3) is 7.06. The Morgan fingerprint density at radius 3 is 2.47 bits per heavy atom. The van der Waals surface area contributed by atoms with Crippen molar-refractivity contribution in [2.45, 2.75) is 39.3 Å². The van der Waals surface area contributed by atoms with Gasteiger partial charge in [-0.25, -0.2) is 4.99 Å². The van der Waals surface area contributed by atoms with Crippen molar-refractivity contribution in [3.63, 3.8) is 0 Å². The van der Waals surface area contributed by atoms with Crippen molar-refractivity contribution in [1.82, 2.24) is 5.32 Å². The lowest BCUT2D eigenvalue weighted by Crippen LogP contribution is -2.45. The first kappa shape index (κ1) is 15.8. The molecule has 1 rings (SSSR count). The predicted molar refractivity (Wildman–Crippen MR) is 83.6 cm³/mol. The summed E-state index contributed by atoms with van der Waals surface area (Å²) in [5.41, 5.74) is 5.72. The number of hydrogen-bond acceptors (Lipinski definition) is 2. The van der Waals surface area contributed by atoms with Gasteiger partial charge in [-0.15, -0.1) is 0 Å². The molecule has 5 heteroatoms. The van der Waals surface area contributed by atoms with Crippen molar-refractivity contribution in [2.75, 3.05) is 6.54 Å². The number of benzene rings is 1. The lowest BCUT2D eigenvalue weighted by atomic mass is 10.1. The van der Waals surface area contributed by atoms with Crippen LogP contribution < -0.4 is 15.8 Å². The fraction of sp³-hybridized carbons (Fsp3) is 0.500. The monoisotopic (exact) mass is 327 g/mol. The molecule has 0 aliphatic heterocycles. The van der Waals surface area contributed by atoms with E-state index in [2.05, 4.69) is 26.2 Å². The molecule has 1 aromatic rings. The first-order valence-corrected chi connectivity index (χ1v) is 7.06. The summed E-state index contributed by atoms with van der Waals surface area (Å²) in [6.45, 7) is 8.60. The molecule has 0 bridgehead atoms. The van der Waals surface area contributed by atoms with Crippen LogP contribution in [0.3, 0.4) is 0 Å². The number of nitrogens with two attached hydrogens (primary N) is 1. The van der Waals surface area contributed by atoms with Crippen LogP contribution in [-0.4, -0.2) is 24.1 Å². The maximum atomic E-state index is 5.80. The van der Waals surface area contributed by atoms with Gasteiger partial charge in [-0.1, -0.05) is 15.9 Å². The molecular weight excluding hydrogens is 306 g/mol. The molecule has 0 aliphatic rings. The number of rotatable bonds is 4. The summed E-state index contributed by atoms with van der Waals surface area (Å²) in [7, 11) is 0. The smallest absolute Gasteiger partial charge is 0.189 e. The van der Waals surface area contributed by atoms with Crippen LogP contribution >= 0.6 is 15.9 Å². The topological polar surface area (TPSA) is 59.6 Å². The highest BCUT2D eigenvalue weighted by Gasteiger charge is 2.10. The van der Waals surface area contributed by atoms with Gasteiger partial charge in [0, 0.05) is 10.0 Å².